The lowest BCUT2D eigenvalue weighted by Crippen LogP contribution is -2.16. The molecule has 22 heavy (non-hydrogen) atoms. The van der Waals surface area contributed by atoms with Crippen LogP contribution in [-0.4, -0.2) is 17.1 Å². The van der Waals surface area contributed by atoms with Crippen LogP contribution in [0.3, 0.4) is 0 Å². The third-order valence-electron chi connectivity index (χ3n) is 3.57. The molecule has 1 aromatic heterocycles. The van der Waals surface area contributed by atoms with Crippen molar-refractivity contribution in [3.63, 3.8) is 0 Å². The standard InChI is InChI=1S/C17H16ClN3O/c1-22-12-8-6-11(7-9-12)10-14(19)16-13-4-2-3-5-15(13)20-17(18)21-16/h2-9,14H,10,19H2,1H3. The number of halogens is 1. The van der Waals surface area contributed by atoms with Gasteiger partial charge in [-0.25, -0.2) is 9.97 Å². The summed E-state index contributed by atoms with van der Waals surface area (Å²) in [5.41, 5.74) is 9.05. The SMILES string of the molecule is COc1ccc(CC(N)c2nc(Cl)nc3ccccc23)cc1. The first-order valence-electron chi connectivity index (χ1n) is 6.98. The molecular formula is C17H16ClN3O. The highest BCUT2D eigenvalue weighted by molar-refractivity contribution is 6.28. The lowest BCUT2D eigenvalue weighted by atomic mass is 10.0. The predicted octanol–water partition coefficient (Wildman–Crippen LogP) is 3.53. The highest BCUT2D eigenvalue weighted by Gasteiger charge is 2.14. The number of para-hydroxylation sites is 1. The first-order valence-corrected chi connectivity index (χ1v) is 7.36. The Bertz CT molecular complexity index is 790. The maximum absolute atomic E-state index is 6.35. The maximum atomic E-state index is 6.35. The molecule has 0 aliphatic heterocycles. The second-order valence-electron chi connectivity index (χ2n) is 5.05. The summed E-state index contributed by atoms with van der Waals surface area (Å²) in [6.45, 7) is 0. The van der Waals surface area contributed by atoms with Crippen molar-refractivity contribution in [3.8, 4) is 5.75 Å². The van der Waals surface area contributed by atoms with E-state index in [1.54, 1.807) is 7.11 Å². The molecule has 0 bridgehead atoms. The van der Waals surface area contributed by atoms with Crippen LogP contribution in [0.15, 0.2) is 48.5 Å². The normalized spacial score (nSPS) is 12.3. The minimum atomic E-state index is -0.251. The van der Waals surface area contributed by atoms with Crippen molar-refractivity contribution in [1.29, 1.82) is 0 Å². The number of nitrogens with two attached hydrogens (primary N) is 1. The molecule has 0 saturated carbocycles. The first kappa shape index (κ1) is 14.8. The monoisotopic (exact) mass is 313 g/mol. The van der Waals surface area contributed by atoms with Gasteiger partial charge in [0.25, 0.3) is 0 Å². The van der Waals surface area contributed by atoms with Crippen LogP contribution in [0.1, 0.15) is 17.3 Å². The van der Waals surface area contributed by atoms with E-state index in [0.29, 0.717) is 6.42 Å². The molecule has 0 amide bonds. The Morgan fingerprint density at radius 1 is 1.09 bits per heavy atom. The molecular weight excluding hydrogens is 298 g/mol. The molecule has 4 nitrogen and oxygen atoms in total. The first-order chi connectivity index (χ1) is 10.7. The number of hydrogen-bond donors (Lipinski definition) is 1. The van der Waals surface area contributed by atoms with E-state index in [9.17, 15) is 0 Å². The number of fused-ring (bicyclic) bond motifs is 1. The van der Waals surface area contributed by atoms with Crippen LogP contribution in [0.4, 0.5) is 0 Å². The fraction of sp³-hybridized carbons (Fsp3) is 0.176. The number of ether oxygens (including phenoxy) is 1. The van der Waals surface area contributed by atoms with Crippen LogP contribution in [0, 0.1) is 0 Å². The molecule has 1 atom stereocenters. The summed E-state index contributed by atoms with van der Waals surface area (Å²) < 4.78 is 5.16. The van der Waals surface area contributed by atoms with Gasteiger partial charge in [-0.15, -0.1) is 0 Å². The third kappa shape index (κ3) is 3.03. The average Bonchev–Trinajstić information content (AvgIpc) is 2.54. The zero-order valence-electron chi connectivity index (χ0n) is 12.2. The zero-order valence-corrected chi connectivity index (χ0v) is 12.9. The molecule has 0 radical (unpaired) electrons. The second-order valence-corrected chi connectivity index (χ2v) is 5.39. The Morgan fingerprint density at radius 2 is 1.82 bits per heavy atom. The van der Waals surface area contributed by atoms with E-state index in [4.69, 9.17) is 22.1 Å². The van der Waals surface area contributed by atoms with Gasteiger partial charge in [-0.1, -0.05) is 30.3 Å². The van der Waals surface area contributed by atoms with Gasteiger partial charge >= 0.3 is 0 Å². The maximum Gasteiger partial charge on any atom is 0.223 e. The second kappa shape index (κ2) is 6.30. The summed E-state index contributed by atoms with van der Waals surface area (Å²) >= 11 is 6.02. The quantitative estimate of drug-likeness (QED) is 0.748. The minimum absolute atomic E-state index is 0.221. The molecule has 0 saturated heterocycles. The van der Waals surface area contributed by atoms with Gasteiger partial charge in [-0.2, -0.15) is 0 Å². The number of methoxy groups -OCH3 is 1. The van der Waals surface area contributed by atoms with Gasteiger partial charge in [0.15, 0.2) is 0 Å². The van der Waals surface area contributed by atoms with Crippen molar-refractivity contribution in [2.24, 2.45) is 5.73 Å². The topological polar surface area (TPSA) is 61.0 Å². The number of nitrogens with zero attached hydrogens (tertiary/aromatic N) is 2. The molecule has 0 fully saturated rings. The Morgan fingerprint density at radius 3 is 2.55 bits per heavy atom. The van der Waals surface area contributed by atoms with E-state index in [-0.39, 0.29) is 11.3 Å². The summed E-state index contributed by atoms with van der Waals surface area (Å²) in [7, 11) is 1.65. The zero-order chi connectivity index (χ0) is 15.5. The minimum Gasteiger partial charge on any atom is -0.497 e. The molecule has 3 rings (SSSR count). The van der Waals surface area contributed by atoms with Crippen LogP contribution in [0.25, 0.3) is 10.9 Å². The molecule has 1 unspecified atom stereocenters. The van der Waals surface area contributed by atoms with Gasteiger partial charge < -0.3 is 10.5 Å². The van der Waals surface area contributed by atoms with E-state index in [1.165, 1.54) is 0 Å². The summed E-state index contributed by atoms with van der Waals surface area (Å²) in [5.74, 6) is 0.827. The molecule has 2 N–H and O–H groups in total. The Hall–Kier alpha value is -2.17. The van der Waals surface area contributed by atoms with Crippen LogP contribution in [0.5, 0.6) is 5.75 Å². The Balaban J connectivity index is 1.92. The number of rotatable bonds is 4. The van der Waals surface area contributed by atoms with Crippen molar-refractivity contribution < 1.29 is 4.74 Å². The number of aromatic nitrogens is 2. The highest BCUT2D eigenvalue weighted by Crippen LogP contribution is 2.24. The average molecular weight is 314 g/mol. The van der Waals surface area contributed by atoms with Gasteiger partial charge in [0.2, 0.25) is 5.28 Å². The van der Waals surface area contributed by atoms with Crippen molar-refractivity contribution in [2.75, 3.05) is 7.11 Å². The van der Waals surface area contributed by atoms with Crippen molar-refractivity contribution in [2.45, 2.75) is 12.5 Å². The lowest BCUT2D eigenvalue weighted by Gasteiger charge is -2.14. The molecule has 0 aliphatic carbocycles. The fourth-order valence-electron chi connectivity index (χ4n) is 2.47. The van der Waals surface area contributed by atoms with Gasteiger partial charge in [0.1, 0.15) is 5.75 Å². The summed E-state index contributed by atoms with van der Waals surface area (Å²) in [4.78, 5) is 8.57. The Kier molecular flexibility index (Phi) is 4.22. The summed E-state index contributed by atoms with van der Waals surface area (Å²) in [6, 6.07) is 15.3. The third-order valence-corrected chi connectivity index (χ3v) is 3.74. The van der Waals surface area contributed by atoms with Crippen LogP contribution in [-0.2, 0) is 6.42 Å². The van der Waals surface area contributed by atoms with Crippen LogP contribution >= 0.6 is 11.6 Å². The van der Waals surface area contributed by atoms with E-state index < -0.39 is 0 Å². The largest absolute Gasteiger partial charge is 0.497 e. The van der Waals surface area contributed by atoms with Gasteiger partial charge in [0.05, 0.1) is 24.4 Å². The molecule has 3 aromatic rings. The Labute approximate surface area is 133 Å². The van der Waals surface area contributed by atoms with Crippen LogP contribution in [0.2, 0.25) is 5.28 Å². The highest BCUT2D eigenvalue weighted by atomic mass is 35.5. The summed E-state index contributed by atoms with van der Waals surface area (Å²) in [5, 5.41) is 1.16. The fourth-order valence-corrected chi connectivity index (χ4v) is 2.65. The van der Waals surface area contributed by atoms with E-state index in [0.717, 1.165) is 27.9 Å². The molecule has 0 aliphatic rings. The van der Waals surface area contributed by atoms with Crippen molar-refractivity contribution in [3.05, 3.63) is 65.1 Å². The van der Waals surface area contributed by atoms with Gasteiger partial charge in [-0.3, -0.25) is 0 Å². The van der Waals surface area contributed by atoms with E-state index in [2.05, 4.69) is 9.97 Å². The number of benzene rings is 2. The van der Waals surface area contributed by atoms with Crippen molar-refractivity contribution >= 4 is 22.5 Å². The predicted molar refractivity (Wildman–Crippen MR) is 88.2 cm³/mol. The lowest BCUT2D eigenvalue weighted by molar-refractivity contribution is 0.414. The summed E-state index contributed by atoms with van der Waals surface area (Å²) in [6.07, 6.45) is 0.668. The smallest absolute Gasteiger partial charge is 0.223 e. The molecule has 1 heterocycles. The van der Waals surface area contributed by atoms with E-state index >= 15 is 0 Å². The molecule has 2 aromatic carbocycles. The van der Waals surface area contributed by atoms with Crippen molar-refractivity contribution in [1.82, 2.24) is 9.97 Å². The molecule has 0 spiro atoms. The van der Waals surface area contributed by atoms with Gasteiger partial charge in [-0.05, 0) is 41.8 Å². The van der Waals surface area contributed by atoms with Gasteiger partial charge in [0, 0.05) is 5.39 Å². The molecule has 112 valence electrons. The van der Waals surface area contributed by atoms with Crippen LogP contribution < -0.4 is 10.5 Å². The van der Waals surface area contributed by atoms with E-state index in [1.807, 2.05) is 48.5 Å². The molecule has 5 heteroatoms. The number of hydrogen-bond acceptors (Lipinski definition) is 4.